The Labute approximate surface area is 111 Å². The van der Waals surface area contributed by atoms with Crippen molar-refractivity contribution in [1.82, 2.24) is 0 Å². The number of benzene rings is 1. The minimum Gasteiger partial charge on any atom is -0.496 e. The Balaban J connectivity index is 3.23. The van der Waals surface area contributed by atoms with Crippen LogP contribution in [0.2, 0.25) is 0 Å². The standard InChI is InChI=1S/C11H12Br2O3/c1-3-11(13,10(14)15)7-4-5-9(16-2)8(12)6-7/h4-6H,3H2,1-2H3,(H,14,15). The van der Waals surface area contributed by atoms with E-state index >= 15 is 0 Å². The summed E-state index contributed by atoms with van der Waals surface area (Å²) in [7, 11) is 1.57. The lowest BCUT2D eigenvalue weighted by molar-refractivity contribution is -0.140. The molecule has 1 atom stereocenters. The van der Waals surface area contributed by atoms with Gasteiger partial charge in [-0.25, -0.2) is 0 Å². The van der Waals surface area contributed by atoms with Crippen LogP contribution < -0.4 is 4.74 Å². The molecule has 5 heteroatoms. The van der Waals surface area contributed by atoms with Crippen LogP contribution in [0.1, 0.15) is 18.9 Å². The van der Waals surface area contributed by atoms with Crippen molar-refractivity contribution in [2.24, 2.45) is 0 Å². The summed E-state index contributed by atoms with van der Waals surface area (Å²) in [5, 5.41) is 9.21. The third kappa shape index (κ3) is 2.40. The fourth-order valence-corrected chi connectivity index (χ4v) is 2.18. The zero-order valence-corrected chi connectivity index (χ0v) is 12.1. The largest absolute Gasteiger partial charge is 0.496 e. The summed E-state index contributed by atoms with van der Waals surface area (Å²) in [6.45, 7) is 1.82. The molecular formula is C11H12Br2O3. The number of hydrogen-bond donors (Lipinski definition) is 1. The van der Waals surface area contributed by atoms with Crippen LogP contribution in [-0.4, -0.2) is 18.2 Å². The molecule has 0 radical (unpaired) electrons. The summed E-state index contributed by atoms with van der Waals surface area (Å²) >= 11 is 6.62. The molecule has 0 saturated carbocycles. The minimum atomic E-state index is -1.04. The topological polar surface area (TPSA) is 46.5 Å². The molecule has 1 unspecified atom stereocenters. The molecular weight excluding hydrogens is 340 g/mol. The van der Waals surface area contributed by atoms with E-state index in [-0.39, 0.29) is 0 Å². The van der Waals surface area contributed by atoms with Crippen LogP contribution >= 0.6 is 31.9 Å². The van der Waals surface area contributed by atoms with Crippen LogP contribution in [0.25, 0.3) is 0 Å². The highest BCUT2D eigenvalue weighted by Crippen LogP contribution is 2.38. The summed E-state index contributed by atoms with van der Waals surface area (Å²) in [4.78, 5) is 11.2. The van der Waals surface area contributed by atoms with Crippen molar-refractivity contribution in [3.8, 4) is 5.75 Å². The van der Waals surface area contributed by atoms with Crippen LogP contribution in [0.15, 0.2) is 22.7 Å². The van der Waals surface area contributed by atoms with Crippen molar-refractivity contribution in [2.75, 3.05) is 7.11 Å². The van der Waals surface area contributed by atoms with Gasteiger partial charge in [-0.3, -0.25) is 4.79 Å². The Bertz CT molecular complexity index is 406. The van der Waals surface area contributed by atoms with E-state index in [0.29, 0.717) is 17.7 Å². The average molecular weight is 352 g/mol. The predicted octanol–water partition coefficient (Wildman–Crippen LogP) is 3.54. The Kier molecular flexibility index (Phi) is 4.38. The highest BCUT2D eigenvalue weighted by atomic mass is 79.9. The maximum absolute atomic E-state index is 11.2. The molecule has 0 bridgehead atoms. The maximum atomic E-state index is 11.2. The van der Waals surface area contributed by atoms with Gasteiger partial charge in [0.25, 0.3) is 0 Å². The number of aliphatic carboxylic acids is 1. The van der Waals surface area contributed by atoms with Gasteiger partial charge in [-0.2, -0.15) is 0 Å². The van der Waals surface area contributed by atoms with Crippen LogP contribution in [0, 0.1) is 0 Å². The third-order valence-corrected chi connectivity index (χ3v) is 4.41. The first-order chi connectivity index (χ1) is 7.45. The van der Waals surface area contributed by atoms with Gasteiger partial charge in [-0.15, -0.1) is 0 Å². The number of rotatable bonds is 4. The van der Waals surface area contributed by atoms with E-state index in [0.717, 1.165) is 4.47 Å². The average Bonchev–Trinajstić information content (AvgIpc) is 2.27. The zero-order valence-electron chi connectivity index (χ0n) is 8.96. The fourth-order valence-electron chi connectivity index (χ4n) is 1.39. The molecule has 1 aromatic carbocycles. The van der Waals surface area contributed by atoms with Crippen LogP contribution in [0.3, 0.4) is 0 Å². The highest BCUT2D eigenvalue weighted by molar-refractivity contribution is 9.10. The van der Waals surface area contributed by atoms with E-state index in [1.807, 2.05) is 6.92 Å². The number of methoxy groups -OCH3 is 1. The molecule has 1 N–H and O–H groups in total. The molecule has 0 fully saturated rings. The van der Waals surface area contributed by atoms with E-state index < -0.39 is 10.3 Å². The lowest BCUT2D eigenvalue weighted by Crippen LogP contribution is -2.28. The third-order valence-electron chi connectivity index (χ3n) is 2.44. The van der Waals surface area contributed by atoms with E-state index in [4.69, 9.17) is 4.74 Å². The van der Waals surface area contributed by atoms with Crippen molar-refractivity contribution in [3.05, 3.63) is 28.2 Å². The molecule has 0 amide bonds. The van der Waals surface area contributed by atoms with Gasteiger partial charge in [0.15, 0.2) is 0 Å². The quantitative estimate of drug-likeness (QED) is 0.844. The highest BCUT2D eigenvalue weighted by Gasteiger charge is 2.35. The number of hydrogen-bond acceptors (Lipinski definition) is 2. The van der Waals surface area contributed by atoms with Gasteiger partial charge in [-0.05, 0) is 40.0 Å². The number of ether oxygens (including phenoxy) is 1. The van der Waals surface area contributed by atoms with Crippen LogP contribution in [-0.2, 0) is 9.12 Å². The van der Waals surface area contributed by atoms with Crippen LogP contribution in [0.4, 0.5) is 0 Å². The smallest absolute Gasteiger partial charge is 0.324 e. The predicted molar refractivity (Wildman–Crippen MR) is 69.2 cm³/mol. The molecule has 0 aliphatic rings. The molecule has 1 aromatic rings. The molecule has 88 valence electrons. The first-order valence-corrected chi connectivity index (χ1v) is 6.30. The normalized spacial score (nSPS) is 14.2. The maximum Gasteiger partial charge on any atom is 0.324 e. The summed E-state index contributed by atoms with van der Waals surface area (Å²) in [6.07, 6.45) is 0.459. The van der Waals surface area contributed by atoms with Gasteiger partial charge in [0.2, 0.25) is 0 Å². The fraction of sp³-hybridized carbons (Fsp3) is 0.364. The molecule has 0 saturated heterocycles. The number of halogens is 2. The van der Waals surface area contributed by atoms with Gasteiger partial charge in [0, 0.05) is 0 Å². The number of carboxylic acid groups (broad SMARTS) is 1. The zero-order chi connectivity index (χ0) is 12.3. The first-order valence-electron chi connectivity index (χ1n) is 4.72. The lowest BCUT2D eigenvalue weighted by Gasteiger charge is -2.22. The molecule has 0 aromatic heterocycles. The summed E-state index contributed by atoms with van der Waals surface area (Å²) < 4.78 is 4.80. The first kappa shape index (κ1) is 13.5. The number of carbonyl (C=O) groups is 1. The molecule has 0 spiro atoms. The van der Waals surface area contributed by atoms with Crippen LogP contribution in [0.5, 0.6) is 5.75 Å². The minimum absolute atomic E-state index is 0.459. The molecule has 16 heavy (non-hydrogen) atoms. The van der Waals surface area contributed by atoms with Crippen molar-refractivity contribution < 1.29 is 14.6 Å². The van der Waals surface area contributed by atoms with Gasteiger partial charge >= 0.3 is 5.97 Å². The van der Waals surface area contributed by atoms with Crippen molar-refractivity contribution in [2.45, 2.75) is 17.7 Å². The molecule has 3 nitrogen and oxygen atoms in total. The number of alkyl halides is 1. The second-order valence-electron chi connectivity index (χ2n) is 3.31. The molecule has 0 aliphatic heterocycles. The monoisotopic (exact) mass is 350 g/mol. The van der Waals surface area contributed by atoms with Crippen molar-refractivity contribution in [3.63, 3.8) is 0 Å². The molecule has 1 rings (SSSR count). The Hall–Kier alpha value is -0.550. The van der Waals surface area contributed by atoms with E-state index in [9.17, 15) is 9.90 Å². The second-order valence-corrected chi connectivity index (χ2v) is 5.52. The number of carboxylic acids is 1. The summed E-state index contributed by atoms with van der Waals surface area (Å²) in [5.74, 6) is -0.216. The molecule has 0 aliphatic carbocycles. The van der Waals surface area contributed by atoms with Gasteiger partial charge in [-0.1, -0.05) is 28.9 Å². The van der Waals surface area contributed by atoms with Gasteiger partial charge < -0.3 is 9.84 Å². The molecule has 0 heterocycles. The van der Waals surface area contributed by atoms with Crippen molar-refractivity contribution in [1.29, 1.82) is 0 Å². The lowest BCUT2D eigenvalue weighted by atomic mass is 9.96. The summed E-state index contributed by atoms with van der Waals surface area (Å²) in [5.41, 5.74) is 0.690. The second kappa shape index (κ2) is 5.19. The van der Waals surface area contributed by atoms with E-state index in [1.165, 1.54) is 0 Å². The SMILES string of the molecule is CCC(Br)(C(=O)O)c1ccc(OC)c(Br)c1. The van der Waals surface area contributed by atoms with Gasteiger partial charge in [0.05, 0.1) is 11.6 Å². The Morgan fingerprint density at radius 2 is 2.19 bits per heavy atom. The van der Waals surface area contributed by atoms with E-state index in [1.54, 1.807) is 25.3 Å². The Morgan fingerprint density at radius 3 is 2.56 bits per heavy atom. The van der Waals surface area contributed by atoms with E-state index in [2.05, 4.69) is 31.9 Å². The van der Waals surface area contributed by atoms with Gasteiger partial charge in [0.1, 0.15) is 10.1 Å². The summed E-state index contributed by atoms with van der Waals surface area (Å²) in [6, 6.07) is 5.25. The van der Waals surface area contributed by atoms with Crippen molar-refractivity contribution >= 4 is 37.8 Å². The Morgan fingerprint density at radius 1 is 1.56 bits per heavy atom.